The van der Waals surface area contributed by atoms with Crippen molar-refractivity contribution in [2.24, 2.45) is 0 Å². The van der Waals surface area contributed by atoms with Crippen molar-refractivity contribution in [2.75, 3.05) is 9.80 Å². The smallest absolute Gasteiger partial charge is 0.260 e. The van der Waals surface area contributed by atoms with Crippen LogP contribution in [0.1, 0.15) is 152 Å². The number of furan rings is 1. The first-order valence-electron chi connectivity index (χ1n) is 45.0. The number of fused-ring (bicyclic) bond motifs is 18. The highest BCUT2D eigenvalue weighted by Crippen LogP contribution is 2.49. The Hall–Kier alpha value is -14.3. The lowest BCUT2D eigenvalue weighted by Gasteiger charge is -2.35. The minimum absolute atomic E-state index is 0.00271. The Morgan fingerprint density at radius 2 is 0.504 bits per heavy atom. The number of benzene rings is 16. The van der Waals surface area contributed by atoms with Crippen LogP contribution in [0.4, 0.5) is 34.1 Å². The zero-order chi connectivity index (χ0) is 86.3. The van der Waals surface area contributed by atoms with E-state index in [2.05, 4.69) is 395 Å². The minimum atomic E-state index is 0.00271. The summed E-state index contributed by atoms with van der Waals surface area (Å²) in [4.78, 5) is 4.51. The molecule has 6 aliphatic heterocycles. The summed E-state index contributed by atoms with van der Waals surface area (Å²) in [7, 11) is 0. The van der Waals surface area contributed by atoms with Crippen LogP contribution in [-0.4, -0.2) is 24.7 Å². The fourth-order valence-electron chi connectivity index (χ4n) is 19.8. The molecule has 0 radical (unpaired) electrons. The summed E-state index contributed by atoms with van der Waals surface area (Å²) in [6.07, 6.45) is 0. The third kappa shape index (κ3) is 13.6. The number of hydrogen-bond acceptors (Lipinski definition) is 9. The fourth-order valence-corrected chi connectivity index (χ4v) is 19.8. The van der Waals surface area contributed by atoms with Crippen LogP contribution in [0.15, 0.2) is 332 Å². The Labute approximate surface area is 743 Å². The third-order valence-corrected chi connectivity index (χ3v) is 26.5. The molecule has 0 amide bonds. The van der Waals surface area contributed by atoms with Gasteiger partial charge in [0.15, 0.2) is 5.58 Å². The molecule has 0 spiro atoms. The van der Waals surface area contributed by atoms with E-state index in [0.29, 0.717) is 35.5 Å². The highest BCUT2D eigenvalue weighted by atomic mass is 16.5. The molecule has 0 aliphatic carbocycles. The van der Waals surface area contributed by atoms with E-state index < -0.39 is 0 Å². The monoisotopic (exact) mass is 1650 g/mol. The average Bonchev–Trinajstić information content (AvgIpc) is 1.42. The lowest BCUT2D eigenvalue weighted by atomic mass is 9.34. The molecule has 24 rings (SSSR count). The molecule has 6 aliphatic rings. The van der Waals surface area contributed by atoms with Gasteiger partial charge in [-0.15, -0.1) is 0 Å². The van der Waals surface area contributed by atoms with Crippen molar-refractivity contribution in [1.82, 2.24) is 4.57 Å². The topological polar surface area (TPSA) is 79.9 Å². The van der Waals surface area contributed by atoms with Gasteiger partial charge in [-0.05, 0) is 199 Å². The van der Waals surface area contributed by atoms with Gasteiger partial charge in [-0.2, -0.15) is 0 Å². The van der Waals surface area contributed by atoms with Gasteiger partial charge in [0.1, 0.15) is 74.6 Å². The number of rotatable bonds is 13. The van der Waals surface area contributed by atoms with Gasteiger partial charge in [0, 0.05) is 91.4 Å². The number of para-hydroxylation sites is 7. The summed E-state index contributed by atoms with van der Waals surface area (Å²) in [5.74, 6) is 13.1. The van der Waals surface area contributed by atoms with Gasteiger partial charge in [-0.1, -0.05) is 277 Å². The van der Waals surface area contributed by atoms with E-state index in [-0.39, 0.29) is 20.1 Å². The molecule has 0 saturated carbocycles. The van der Waals surface area contributed by atoms with Crippen molar-refractivity contribution in [3.8, 4) is 74.7 Å². The second-order valence-electron chi connectivity index (χ2n) is 36.5. The molecule has 0 fully saturated rings. The van der Waals surface area contributed by atoms with Gasteiger partial charge in [-0.3, -0.25) is 0 Å². The van der Waals surface area contributed by atoms with Gasteiger partial charge in [0.25, 0.3) is 20.1 Å². The summed E-state index contributed by atoms with van der Waals surface area (Å²) in [6, 6.07) is 116. The van der Waals surface area contributed by atoms with E-state index in [9.17, 15) is 0 Å². The number of ether oxygens (including phenoxy) is 6. The summed E-state index contributed by atoms with van der Waals surface area (Å²) in [5, 5.41) is 4.66. The van der Waals surface area contributed by atoms with Crippen LogP contribution in [0.3, 0.4) is 0 Å². The molecule has 16 aromatic carbocycles. The van der Waals surface area contributed by atoms with Crippen molar-refractivity contribution in [3.05, 3.63) is 361 Å². The van der Waals surface area contributed by atoms with E-state index in [4.69, 9.17) is 32.8 Å². The van der Waals surface area contributed by atoms with Gasteiger partial charge < -0.3 is 47.2 Å². The van der Waals surface area contributed by atoms with Crippen molar-refractivity contribution < 1.29 is 32.8 Å². The summed E-state index contributed by atoms with van der Waals surface area (Å²) in [5.41, 5.74) is 29.5. The zero-order valence-electron chi connectivity index (χ0n) is 73.6. The second kappa shape index (κ2) is 31.4. The van der Waals surface area contributed by atoms with E-state index in [1.165, 1.54) is 88.0 Å². The van der Waals surface area contributed by atoms with Gasteiger partial charge >= 0.3 is 0 Å². The Morgan fingerprint density at radius 3 is 0.835 bits per heavy atom. The second-order valence-corrected chi connectivity index (χ2v) is 36.5. The van der Waals surface area contributed by atoms with Crippen LogP contribution in [0.25, 0.3) is 49.4 Å². The zero-order valence-corrected chi connectivity index (χ0v) is 73.6. The molecular formula is C114H96B3N3O7. The molecular weight excluding hydrogens is 1560 g/mol. The quantitative estimate of drug-likeness (QED) is 0.105. The van der Waals surface area contributed by atoms with Crippen molar-refractivity contribution in [2.45, 2.75) is 119 Å². The van der Waals surface area contributed by atoms with Gasteiger partial charge in [0.05, 0.1) is 33.8 Å². The van der Waals surface area contributed by atoms with Crippen molar-refractivity contribution in [1.29, 1.82) is 0 Å². The number of anilines is 6. The first-order chi connectivity index (χ1) is 61.9. The molecule has 0 bridgehead atoms. The van der Waals surface area contributed by atoms with Crippen LogP contribution in [0.5, 0.6) is 69.0 Å². The molecule has 127 heavy (non-hydrogen) atoms. The number of aromatic nitrogens is 1. The maximum Gasteiger partial charge on any atom is 0.260 e. The van der Waals surface area contributed by atoms with Crippen molar-refractivity contribution >= 4 is 147 Å². The maximum absolute atomic E-state index is 6.82. The number of hydrogen-bond donors (Lipinski definition) is 0. The predicted octanol–water partition coefficient (Wildman–Crippen LogP) is 25.9. The Kier molecular flexibility index (Phi) is 19.5. The molecule has 8 heterocycles. The van der Waals surface area contributed by atoms with Gasteiger partial charge in [-0.25, -0.2) is 0 Å². The highest BCUT2D eigenvalue weighted by molar-refractivity contribution is 6.99. The van der Waals surface area contributed by atoms with Crippen molar-refractivity contribution in [3.63, 3.8) is 0 Å². The summed E-state index contributed by atoms with van der Waals surface area (Å²) < 4.78 is 49.4. The normalized spacial score (nSPS) is 13.0. The molecule has 10 nitrogen and oxygen atoms in total. The summed E-state index contributed by atoms with van der Waals surface area (Å²) in [6.45, 7) is 27.0. The molecule has 0 unspecified atom stereocenters. The van der Waals surface area contributed by atoms with Gasteiger partial charge in [0.2, 0.25) is 0 Å². The third-order valence-electron chi connectivity index (χ3n) is 26.5. The first-order valence-corrected chi connectivity index (χ1v) is 45.0. The highest BCUT2D eigenvalue weighted by Gasteiger charge is 2.46. The molecule has 2 aromatic heterocycles. The molecule has 18 aromatic rings. The fraction of sp³-hybridized carbons (Fsp3) is 0.158. The SMILES string of the molecule is CC(C)c1ccc2c(c1)B1c3cc(C(C)C)ccc3Oc3cc(-n4c5ccccc5c5ccccc54)cc(c31)O2.CC(C)c1ccc2c(c1)B1c3cc(C(C)C)ccc3Oc3cc(N(c4ccccc4)c4cccc5c4oc4ccccc45)cc(c31)O2.CC(C)c1ccc2c(c1)B1c3cc(C(C)C)ccc3Oc3cc(N(c4ccccc4)c4ccccc4)cc(c31)O2. The predicted molar refractivity (Wildman–Crippen MR) is 528 cm³/mol. The Bertz CT molecular complexity index is 7080. The van der Waals surface area contributed by atoms with Crippen LogP contribution >= 0.6 is 0 Å². The van der Waals surface area contributed by atoms with E-state index >= 15 is 0 Å². The van der Waals surface area contributed by atoms with Crippen LogP contribution in [-0.2, 0) is 0 Å². The standard InChI is InChI=1S/C42H34BNO3.C36H30BNO2.C36H32BNO2/c1-25(2)27-17-19-37-33(21-27)43-34-22-28(26(3)4)18-20-38(34)46-40-24-30(23-39(45-37)41(40)43)44(29-11-6-5-7-12-29)35-15-10-14-32-31-13-8-9-16-36(31)47-42(32)35;1-21(2)23-13-15-32-28(17-23)37-29-18-24(22(3)4)14-16-33(29)40-35-20-25(19-34(39-32)36(35)37)38-30-11-7-5-9-26(30)27-10-6-8-12-31(27)38;1-23(2)25-15-17-32-30(19-25)37-31-20-26(24(3)4)16-18-33(31)40-35-22-29(21-34(39-32)36(35)37)38(27-11-7-5-8-12-27)28-13-9-6-10-14-28/h5-26H,1-4H3;5-22H,1-4H3;5-24H,1-4H3. The molecule has 13 heteroatoms. The Balaban J connectivity index is 0.000000113. The largest absolute Gasteiger partial charge is 0.458 e. The van der Waals surface area contributed by atoms with E-state index in [0.717, 1.165) is 147 Å². The Morgan fingerprint density at radius 1 is 0.228 bits per heavy atom. The maximum atomic E-state index is 6.82. The lowest BCUT2D eigenvalue weighted by molar-refractivity contribution is 0.463. The minimum Gasteiger partial charge on any atom is -0.458 e. The van der Waals surface area contributed by atoms with Crippen LogP contribution in [0, 0.1) is 0 Å². The molecule has 0 atom stereocenters. The number of nitrogens with zero attached hydrogens (tertiary/aromatic N) is 3. The molecule has 618 valence electrons. The van der Waals surface area contributed by atoms with Crippen LogP contribution < -0.4 is 87.4 Å². The lowest BCUT2D eigenvalue weighted by Crippen LogP contribution is -2.57. The first kappa shape index (κ1) is 78.7. The molecule has 0 saturated heterocycles. The summed E-state index contributed by atoms with van der Waals surface area (Å²) >= 11 is 0. The average molecular weight is 1650 g/mol. The van der Waals surface area contributed by atoms with Crippen LogP contribution in [0.2, 0.25) is 0 Å². The van der Waals surface area contributed by atoms with E-state index in [1.807, 2.05) is 30.3 Å². The van der Waals surface area contributed by atoms with E-state index in [1.54, 1.807) is 0 Å². The molecule has 0 N–H and O–H groups in total.